The van der Waals surface area contributed by atoms with Crippen LogP contribution >= 0.6 is 11.8 Å². The molecule has 0 unspecified atom stereocenters. The lowest BCUT2D eigenvalue weighted by Gasteiger charge is -2.22. The second-order valence-electron chi connectivity index (χ2n) is 7.32. The topological polar surface area (TPSA) is 67.4 Å². The van der Waals surface area contributed by atoms with E-state index in [1.807, 2.05) is 40.8 Å². The Morgan fingerprint density at radius 2 is 1.97 bits per heavy atom. The van der Waals surface area contributed by atoms with Gasteiger partial charge in [0.1, 0.15) is 12.1 Å². The van der Waals surface area contributed by atoms with Crippen LogP contribution in [-0.2, 0) is 24.9 Å². The van der Waals surface area contributed by atoms with Crippen molar-refractivity contribution in [2.45, 2.75) is 36.7 Å². The van der Waals surface area contributed by atoms with Crippen LogP contribution in [0.15, 0.2) is 57.4 Å². The first kappa shape index (κ1) is 19.7. The van der Waals surface area contributed by atoms with Gasteiger partial charge in [-0.15, -0.1) is 10.2 Å². The number of hydrogen-bond acceptors (Lipinski definition) is 6. The Hall–Kier alpha value is -2.58. The molecule has 0 atom stereocenters. The molecule has 7 nitrogen and oxygen atoms in total. The predicted octanol–water partition coefficient (Wildman–Crippen LogP) is 3.10. The van der Waals surface area contributed by atoms with E-state index in [-0.39, 0.29) is 5.91 Å². The molecule has 1 fully saturated rings. The summed E-state index contributed by atoms with van der Waals surface area (Å²) in [4.78, 5) is 16.9. The lowest BCUT2D eigenvalue weighted by atomic mass is 10.1. The van der Waals surface area contributed by atoms with Gasteiger partial charge in [-0.25, -0.2) is 0 Å². The second kappa shape index (κ2) is 8.84. The summed E-state index contributed by atoms with van der Waals surface area (Å²) in [5.74, 6) is 1.11. The minimum atomic E-state index is 0.216. The molecule has 0 spiro atoms. The fourth-order valence-electron chi connectivity index (χ4n) is 3.40. The van der Waals surface area contributed by atoms with Gasteiger partial charge in [0.05, 0.1) is 6.54 Å². The van der Waals surface area contributed by atoms with Crippen molar-refractivity contribution >= 4 is 17.7 Å². The highest BCUT2D eigenvalue weighted by Gasteiger charge is 2.22. The number of hydrogen-bond donors (Lipinski definition) is 0. The molecule has 0 bridgehead atoms. The number of benzene rings is 1. The van der Waals surface area contributed by atoms with Crippen LogP contribution in [0.2, 0.25) is 0 Å². The molecule has 2 aromatic heterocycles. The van der Waals surface area contributed by atoms with E-state index in [4.69, 9.17) is 4.42 Å². The number of aromatic nitrogens is 3. The third kappa shape index (κ3) is 4.89. The van der Waals surface area contributed by atoms with Gasteiger partial charge in [0, 0.05) is 39.6 Å². The average Bonchev–Trinajstić information content (AvgIpc) is 3.28. The van der Waals surface area contributed by atoms with Crippen molar-refractivity contribution in [2.24, 2.45) is 7.05 Å². The average molecular weight is 412 g/mol. The van der Waals surface area contributed by atoms with Gasteiger partial charge in [0.25, 0.3) is 0 Å². The Labute approximate surface area is 174 Å². The van der Waals surface area contributed by atoms with Crippen LogP contribution in [0.1, 0.15) is 23.3 Å². The Kier molecular flexibility index (Phi) is 6.01. The number of carbonyl (C=O) groups excluding carboxylic acids is 1. The number of furan rings is 1. The highest BCUT2D eigenvalue weighted by atomic mass is 32.2. The van der Waals surface area contributed by atoms with Gasteiger partial charge < -0.3 is 13.9 Å². The van der Waals surface area contributed by atoms with Gasteiger partial charge in [0.2, 0.25) is 5.91 Å². The van der Waals surface area contributed by atoms with Gasteiger partial charge >= 0.3 is 0 Å². The summed E-state index contributed by atoms with van der Waals surface area (Å²) >= 11 is 1.45. The van der Waals surface area contributed by atoms with Crippen molar-refractivity contribution in [3.63, 3.8) is 0 Å². The molecule has 29 heavy (non-hydrogen) atoms. The van der Waals surface area contributed by atoms with Gasteiger partial charge in [-0.2, -0.15) is 0 Å². The van der Waals surface area contributed by atoms with Gasteiger partial charge in [-0.3, -0.25) is 9.69 Å². The third-order valence-corrected chi connectivity index (χ3v) is 6.15. The zero-order chi connectivity index (χ0) is 20.2. The van der Waals surface area contributed by atoms with Crippen LogP contribution in [0.3, 0.4) is 0 Å². The Bertz CT molecular complexity index is 983. The van der Waals surface area contributed by atoms with E-state index in [0.29, 0.717) is 19.5 Å². The van der Waals surface area contributed by atoms with Crippen LogP contribution in [0.4, 0.5) is 0 Å². The van der Waals surface area contributed by atoms with Crippen LogP contribution in [0, 0.1) is 6.92 Å². The molecule has 8 heteroatoms. The monoisotopic (exact) mass is 411 g/mol. The molecule has 4 rings (SSSR count). The molecule has 0 N–H and O–H groups in total. The molecular weight excluding hydrogens is 386 g/mol. The van der Waals surface area contributed by atoms with Crippen molar-refractivity contribution in [2.75, 3.05) is 19.6 Å². The summed E-state index contributed by atoms with van der Waals surface area (Å²) in [6.07, 6.45) is 2.20. The fourth-order valence-corrected chi connectivity index (χ4v) is 4.15. The Morgan fingerprint density at radius 3 is 2.76 bits per heavy atom. The van der Waals surface area contributed by atoms with E-state index < -0.39 is 0 Å². The lowest BCUT2D eigenvalue weighted by Crippen LogP contribution is -2.32. The number of rotatable bonds is 6. The SMILES string of the molecule is Cc1ccccc1CN1CCN(Cc2ccc(Sc3nncn3C)o2)CCC1=O. The summed E-state index contributed by atoms with van der Waals surface area (Å²) in [6, 6.07) is 12.2. The summed E-state index contributed by atoms with van der Waals surface area (Å²) in [7, 11) is 1.91. The normalized spacial score (nSPS) is 15.7. The molecule has 152 valence electrons. The minimum Gasteiger partial charge on any atom is -0.453 e. The van der Waals surface area contributed by atoms with E-state index in [9.17, 15) is 4.79 Å². The van der Waals surface area contributed by atoms with Crippen molar-refractivity contribution in [3.05, 3.63) is 59.6 Å². The fraction of sp³-hybridized carbons (Fsp3) is 0.381. The maximum Gasteiger partial charge on any atom is 0.224 e. The Morgan fingerprint density at radius 1 is 1.10 bits per heavy atom. The molecule has 1 saturated heterocycles. The summed E-state index contributed by atoms with van der Waals surface area (Å²) in [5, 5.41) is 9.54. The first-order valence-corrected chi connectivity index (χ1v) is 10.6. The molecule has 0 saturated carbocycles. The number of aryl methyl sites for hydroxylation is 2. The van der Waals surface area contributed by atoms with Crippen LogP contribution in [0.25, 0.3) is 0 Å². The molecule has 1 amide bonds. The first-order valence-electron chi connectivity index (χ1n) is 9.73. The first-order chi connectivity index (χ1) is 14.1. The van der Waals surface area contributed by atoms with E-state index in [1.165, 1.54) is 22.9 Å². The standard InChI is InChI=1S/C21H25N5O2S/c1-16-5-3-4-6-17(16)13-26-12-11-25(10-9-19(26)27)14-18-7-8-20(28-18)29-21-23-22-15-24(21)2/h3-8,15H,9-14H2,1-2H3. The molecule has 1 aromatic carbocycles. The summed E-state index contributed by atoms with van der Waals surface area (Å²) < 4.78 is 7.82. The van der Waals surface area contributed by atoms with Gasteiger partial charge in [-0.1, -0.05) is 24.3 Å². The molecule has 0 radical (unpaired) electrons. The minimum absolute atomic E-state index is 0.216. The molecular formula is C21H25N5O2S. The third-order valence-electron chi connectivity index (χ3n) is 5.18. The summed E-state index contributed by atoms with van der Waals surface area (Å²) in [6.45, 7) is 5.79. The number of carbonyl (C=O) groups is 1. The van der Waals surface area contributed by atoms with Crippen molar-refractivity contribution in [1.29, 1.82) is 0 Å². The van der Waals surface area contributed by atoms with Crippen molar-refractivity contribution in [3.8, 4) is 0 Å². The van der Waals surface area contributed by atoms with E-state index in [2.05, 4.69) is 34.2 Å². The maximum absolute atomic E-state index is 12.6. The highest BCUT2D eigenvalue weighted by Crippen LogP contribution is 2.27. The lowest BCUT2D eigenvalue weighted by molar-refractivity contribution is -0.130. The smallest absolute Gasteiger partial charge is 0.224 e. The summed E-state index contributed by atoms with van der Waals surface area (Å²) in [5.41, 5.74) is 2.44. The molecule has 1 aliphatic heterocycles. The number of nitrogens with zero attached hydrogens (tertiary/aromatic N) is 5. The van der Waals surface area contributed by atoms with Gasteiger partial charge in [0.15, 0.2) is 10.2 Å². The zero-order valence-electron chi connectivity index (χ0n) is 16.7. The zero-order valence-corrected chi connectivity index (χ0v) is 17.6. The quantitative estimate of drug-likeness (QED) is 0.621. The highest BCUT2D eigenvalue weighted by molar-refractivity contribution is 7.99. The number of amides is 1. The molecule has 0 aliphatic carbocycles. The predicted molar refractivity (Wildman–Crippen MR) is 110 cm³/mol. The van der Waals surface area contributed by atoms with Crippen molar-refractivity contribution < 1.29 is 9.21 Å². The second-order valence-corrected chi connectivity index (χ2v) is 8.29. The molecule has 3 aromatic rings. The van der Waals surface area contributed by atoms with E-state index >= 15 is 0 Å². The Balaban J connectivity index is 1.34. The largest absolute Gasteiger partial charge is 0.453 e. The molecule has 1 aliphatic rings. The van der Waals surface area contributed by atoms with Gasteiger partial charge in [-0.05, 0) is 41.9 Å². The van der Waals surface area contributed by atoms with E-state index in [1.54, 1.807) is 6.33 Å². The maximum atomic E-state index is 12.6. The van der Waals surface area contributed by atoms with E-state index in [0.717, 1.165) is 35.6 Å². The van der Waals surface area contributed by atoms with Crippen LogP contribution in [-0.4, -0.2) is 50.1 Å². The van der Waals surface area contributed by atoms with Crippen molar-refractivity contribution in [1.82, 2.24) is 24.6 Å². The van der Waals surface area contributed by atoms with Crippen LogP contribution < -0.4 is 0 Å². The molecule has 3 heterocycles. The van der Waals surface area contributed by atoms with Crippen LogP contribution in [0.5, 0.6) is 0 Å².